The average molecular weight is 667 g/mol. The highest BCUT2D eigenvalue weighted by Gasteiger charge is 2.26. The summed E-state index contributed by atoms with van der Waals surface area (Å²) in [7, 11) is -4.33. The minimum atomic E-state index is -4.33. The lowest BCUT2D eigenvalue weighted by Gasteiger charge is -2.23. The zero-order valence-electron chi connectivity index (χ0n) is 29.0. The molecule has 46 heavy (non-hydrogen) atoms. The molecule has 8 nitrogen and oxygen atoms in total. The summed E-state index contributed by atoms with van der Waals surface area (Å²) in [5, 5.41) is 13.5. The maximum Gasteiger partial charge on any atom is 0.472 e. The number of hydrogen-bond donors (Lipinski definition) is 4. The molecule has 0 bridgehead atoms. The number of allylic oxidation sites excluding steroid dienone is 9. The van der Waals surface area contributed by atoms with Crippen LogP contribution in [0.5, 0.6) is 0 Å². The third kappa shape index (κ3) is 30.8. The van der Waals surface area contributed by atoms with Crippen molar-refractivity contribution in [3.63, 3.8) is 0 Å². The summed E-state index contributed by atoms with van der Waals surface area (Å²) in [4.78, 5) is 22.5. The SMILES string of the molecule is CC/C=C\C/C=C\C/C=C\C/C=C\CCCCCCCCC(=O)NC(COP(=O)(O)OCCN)C(O)/C=C/CCCCCCCC. The summed E-state index contributed by atoms with van der Waals surface area (Å²) in [6.07, 6.45) is 39.9. The highest BCUT2D eigenvalue weighted by atomic mass is 31.2. The Bertz CT molecular complexity index is 902. The average Bonchev–Trinajstić information content (AvgIpc) is 3.04. The van der Waals surface area contributed by atoms with E-state index < -0.39 is 20.0 Å². The number of rotatable bonds is 32. The van der Waals surface area contributed by atoms with Crippen molar-refractivity contribution in [2.24, 2.45) is 5.73 Å². The topological polar surface area (TPSA) is 131 Å². The van der Waals surface area contributed by atoms with Gasteiger partial charge in [0.25, 0.3) is 0 Å². The van der Waals surface area contributed by atoms with Crippen LogP contribution in [0.4, 0.5) is 0 Å². The molecule has 3 unspecified atom stereocenters. The van der Waals surface area contributed by atoms with Gasteiger partial charge in [0.05, 0.1) is 25.4 Å². The molecule has 1 amide bonds. The van der Waals surface area contributed by atoms with Gasteiger partial charge in [-0.05, 0) is 57.8 Å². The Labute approximate surface area is 281 Å². The predicted octanol–water partition coefficient (Wildman–Crippen LogP) is 9.16. The summed E-state index contributed by atoms with van der Waals surface area (Å²) >= 11 is 0. The fourth-order valence-corrected chi connectivity index (χ4v) is 5.41. The van der Waals surface area contributed by atoms with Crippen LogP contribution in [0.25, 0.3) is 0 Å². The van der Waals surface area contributed by atoms with E-state index in [1.165, 1.54) is 38.5 Å². The second-order valence-corrected chi connectivity index (χ2v) is 13.1. The number of aliphatic hydroxyl groups excluding tert-OH is 1. The molecular formula is C37H67N2O6P. The first-order chi connectivity index (χ1) is 22.4. The van der Waals surface area contributed by atoms with Crippen molar-refractivity contribution in [1.82, 2.24) is 5.32 Å². The molecule has 0 radical (unpaired) electrons. The molecule has 0 aromatic heterocycles. The Hall–Kier alpha value is -1.80. The molecule has 3 atom stereocenters. The number of hydrogen-bond acceptors (Lipinski definition) is 6. The molecule has 0 spiro atoms. The molecule has 5 N–H and O–H groups in total. The zero-order valence-corrected chi connectivity index (χ0v) is 29.9. The third-order valence-electron chi connectivity index (χ3n) is 7.35. The van der Waals surface area contributed by atoms with Crippen LogP contribution in [0.3, 0.4) is 0 Å². The largest absolute Gasteiger partial charge is 0.472 e. The van der Waals surface area contributed by atoms with Gasteiger partial charge in [0.15, 0.2) is 0 Å². The fraction of sp³-hybridized carbons (Fsp3) is 0.703. The van der Waals surface area contributed by atoms with Crippen LogP contribution in [0.2, 0.25) is 0 Å². The smallest absolute Gasteiger partial charge is 0.387 e. The highest BCUT2D eigenvalue weighted by molar-refractivity contribution is 7.47. The lowest BCUT2D eigenvalue weighted by atomic mass is 10.1. The number of nitrogens with one attached hydrogen (secondary N) is 1. The quantitative estimate of drug-likeness (QED) is 0.0320. The molecule has 0 aliphatic carbocycles. The van der Waals surface area contributed by atoms with Gasteiger partial charge >= 0.3 is 7.82 Å². The summed E-state index contributed by atoms with van der Waals surface area (Å²) in [5.41, 5.74) is 5.33. The Morgan fingerprint density at radius 1 is 0.739 bits per heavy atom. The lowest BCUT2D eigenvalue weighted by Crippen LogP contribution is -2.45. The second kappa shape index (κ2) is 33.1. The normalized spacial score (nSPS) is 15.2. The second-order valence-electron chi connectivity index (χ2n) is 11.7. The molecule has 0 aromatic rings. The van der Waals surface area contributed by atoms with Crippen molar-refractivity contribution < 1.29 is 28.4 Å². The first-order valence-corrected chi connectivity index (χ1v) is 19.4. The van der Waals surface area contributed by atoms with E-state index in [-0.39, 0.29) is 25.7 Å². The molecule has 0 saturated carbocycles. The van der Waals surface area contributed by atoms with E-state index in [9.17, 15) is 19.4 Å². The molecule has 0 aliphatic heterocycles. The monoisotopic (exact) mass is 666 g/mol. The van der Waals surface area contributed by atoms with Crippen molar-refractivity contribution >= 4 is 13.7 Å². The lowest BCUT2D eigenvalue weighted by molar-refractivity contribution is -0.123. The van der Waals surface area contributed by atoms with Gasteiger partial charge < -0.3 is 21.1 Å². The number of phosphoric ester groups is 1. The Morgan fingerprint density at radius 2 is 1.26 bits per heavy atom. The van der Waals surface area contributed by atoms with Crippen molar-refractivity contribution in [3.8, 4) is 0 Å². The van der Waals surface area contributed by atoms with E-state index in [1.54, 1.807) is 6.08 Å². The van der Waals surface area contributed by atoms with Gasteiger partial charge in [-0.25, -0.2) is 4.57 Å². The van der Waals surface area contributed by atoms with Crippen LogP contribution >= 0.6 is 7.82 Å². The number of nitrogens with two attached hydrogens (primary N) is 1. The number of carbonyl (C=O) groups is 1. The van der Waals surface area contributed by atoms with Gasteiger partial charge in [-0.1, -0.05) is 132 Å². The van der Waals surface area contributed by atoms with Gasteiger partial charge in [0, 0.05) is 13.0 Å². The molecule has 266 valence electrons. The standard InChI is InChI=1S/C37H67N2O6P/c1-3-5-7-9-11-13-14-15-16-17-18-19-20-21-22-23-25-27-29-31-37(41)39-35(34-45-46(42,43)44-33-32-38)36(40)30-28-26-24-12-10-8-6-4-2/h5,7,11,13,15-16,18-19,28,30,35-36,40H,3-4,6,8-10,12,14,17,20-27,29,31-34,38H2,1-2H3,(H,39,41)(H,42,43)/b7-5-,13-11-,16-15-,19-18-,30-28+. The van der Waals surface area contributed by atoms with Gasteiger partial charge in [-0.15, -0.1) is 0 Å². The summed E-state index contributed by atoms with van der Waals surface area (Å²) in [5.74, 6) is -0.216. The van der Waals surface area contributed by atoms with E-state index in [1.807, 2.05) is 6.08 Å². The van der Waals surface area contributed by atoms with Crippen LogP contribution in [-0.2, 0) is 18.4 Å². The first kappa shape index (κ1) is 44.2. The molecule has 0 aliphatic rings. The minimum Gasteiger partial charge on any atom is -0.387 e. The highest BCUT2D eigenvalue weighted by Crippen LogP contribution is 2.43. The minimum absolute atomic E-state index is 0.0726. The third-order valence-corrected chi connectivity index (χ3v) is 8.33. The van der Waals surface area contributed by atoms with Crippen molar-refractivity contribution in [2.75, 3.05) is 19.8 Å². The summed E-state index contributed by atoms with van der Waals surface area (Å²) in [6, 6.07) is -0.867. The maximum absolute atomic E-state index is 12.6. The Morgan fingerprint density at radius 3 is 1.85 bits per heavy atom. The predicted molar refractivity (Wildman–Crippen MR) is 193 cm³/mol. The van der Waals surface area contributed by atoms with E-state index in [2.05, 4.69) is 67.8 Å². The van der Waals surface area contributed by atoms with Crippen LogP contribution < -0.4 is 11.1 Å². The van der Waals surface area contributed by atoms with E-state index in [0.29, 0.717) is 6.42 Å². The summed E-state index contributed by atoms with van der Waals surface area (Å²) < 4.78 is 21.9. The molecule has 9 heteroatoms. The maximum atomic E-state index is 12.6. The number of phosphoric acid groups is 1. The van der Waals surface area contributed by atoms with Crippen LogP contribution in [0.1, 0.15) is 136 Å². The van der Waals surface area contributed by atoms with Gasteiger partial charge in [0.1, 0.15) is 0 Å². The van der Waals surface area contributed by atoms with Gasteiger partial charge in [0.2, 0.25) is 5.91 Å². The number of unbranched alkanes of at least 4 members (excludes halogenated alkanes) is 12. The number of aliphatic hydroxyl groups is 1. The molecular weight excluding hydrogens is 599 g/mol. The van der Waals surface area contributed by atoms with Gasteiger partial charge in [-0.2, -0.15) is 0 Å². The molecule has 0 fully saturated rings. The number of carbonyl (C=O) groups excluding carboxylic acids is 1. The van der Waals surface area contributed by atoms with Crippen molar-refractivity contribution in [2.45, 2.75) is 148 Å². The fourth-order valence-electron chi connectivity index (χ4n) is 4.65. The zero-order chi connectivity index (χ0) is 34.0. The van der Waals surface area contributed by atoms with Crippen LogP contribution in [0, 0.1) is 0 Å². The van der Waals surface area contributed by atoms with Crippen LogP contribution in [0.15, 0.2) is 60.8 Å². The summed E-state index contributed by atoms with van der Waals surface area (Å²) in [6.45, 7) is 3.93. The molecule has 0 aromatic carbocycles. The molecule has 0 rings (SSSR count). The van der Waals surface area contributed by atoms with E-state index >= 15 is 0 Å². The Kier molecular flexibility index (Phi) is 31.8. The first-order valence-electron chi connectivity index (χ1n) is 17.9. The number of amides is 1. The Balaban J connectivity index is 4.27. The van der Waals surface area contributed by atoms with E-state index in [0.717, 1.165) is 77.0 Å². The van der Waals surface area contributed by atoms with Crippen LogP contribution in [-0.4, -0.2) is 47.8 Å². The molecule has 0 saturated heterocycles. The van der Waals surface area contributed by atoms with Gasteiger partial charge in [-0.3, -0.25) is 13.8 Å². The van der Waals surface area contributed by atoms with E-state index in [4.69, 9.17) is 14.8 Å². The molecule has 0 heterocycles. The van der Waals surface area contributed by atoms with Crippen molar-refractivity contribution in [1.29, 1.82) is 0 Å². The van der Waals surface area contributed by atoms with Crippen molar-refractivity contribution in [3.05, 3.63) is 60.8 Å².